The number of rotatable bonds is 5. The van der Waals surface area contributed by atoms with Gasteiger partial charge in [0.05, 0.1) is 0 Å². The Hall–Kier alpha value is -1.94. The van der Waals surface area contributed by atoms with Crippen molar-refractivity contribution in [2.24, 2.45) is 0 Å². The molecule has 0 radical (unpaired) electrons. The molecule has 94 valence electrons. The number of aromatic nitrogens is 2. The van der Waals surface area contributed by atoms with Gasteiger partial charge in [0.25, 0.3) is 5.56 Å². The van der Waals surface area contributed by atoms with E-state index in [1.54, 1.807) is 35.3 Å². The van der Waals surface area contributed by atoms with Crippen molar-refractivity contribution in [3.8, 4) is 0 Å². The van der Waals surface area contributed by atoms with Crippen molar-refractivity contribution in [2.45, 2.75) is 19.5 Å². The Kier molecular flexibility index (Phi) is 4.25. The maximum atomic E-state index is 11.5. The Morgan fingerprint density at radius 2 is 2.06 bits per heavy atom. The second-order valence-corrected chi connectivity index (χ2v) is 4.19. The third kappa shape index (κ3) is 3.28. The van der Waals surface area contributed by atoms with E-state index in [4.69, 9.17) is 0 Å². The van der Waals surface area contributed by atoms with Gasteiger partial charge in [-0.3, -0.25) is 9.78 Å². The summed E-state index contributed by atoms with van der Waals surface area (Å²) in [5.74, 6) is 0. The molecule has 2 aromatic rings. The highest BCUT2D eigenvalue weighted by Gasteiger charge is 2.03. The van der Waals surface area contributed by atoms with E-state index in [-0.39, 0.29) is 11.6 Å². The van der Waals surface area contributed by atoms with Crippen molar-refractivity contribution in [2.75, 3.05) is 6.54 Å². The van der Waals surface area contributed by atoms with Gasteiger partial charge >= 0.3 is 0 Å². The zero-order valence-corrected chi connectivity index (χ0v) is 10.4. The van der Waals surface area contributed by atoms with Crippen LogP contribution in [0.5, 0.6) is 0 Å². The van der Waals surface area contributed by atoms with E-state index in [0.29, 0.717) is 6.54 Å². The Morgan fingerprint density at radius 1 is 1.28 bits per heavy atom. The van der Waals surface area contributed by atoms with Crippen LogP contribution in [-0.4, -0.2) is 16.1 Å². The maximum Gasteiger partial charge on any atom is 0.250 e. The van der Waals surface area contributed by atoms with E-state index in [0.717, 1.165) is 6.54 Å². The summed E-state index contributed by atoms with van der Waals surface area (Å²) in [6, 6.07) is 9.44. The molecule has 0 saturated carbocycles. The van der Waals surface area contributed by atoms with E-state index in [9.17, 15) is 4.79 Å². The first-order chi connectivity index (χ1) is 8.77. The van der Waals surface area contributed by atoms with Crippen molar-refractivity contribution in [3.05, 3.63) is 64.8 Å². The van der Waals surface area contributed by atoms with Crippen molar-refractivity contribution in [1.82, 2.24) is 14.9 Å². The van der Waals surface area contributed by atoms with Crippen LogP contribution in [0, 0.1) is 0 Å². The predicted molar refractivity (Wildman–Crippen MR) is 71.4 cm³/mol. The number of pyridine rings is 2. The lowest BCUT2D eigenvalue weighted by molar-refractivity contribution is 0.524. The maximum absolute atomic E-state index is 11.5. The second kappa shape index (κ2) is 6.12. The SMILES string of the molecule is C[C@H](NCCn1ccccc1=O)c1ccncc1. The lowest BCUT2D eigenvalue weighted by atomic mass is 10.1. The van der Waals surface area contributed by atoms with E-state index >= 15 is 0 Å². The summed E-state index contributed by atoms with van der Waals surface area (Å²) in [4.78, 5) is 15.5. The Morgan fingerprint density at radius 3 is 2.78 bits per heavy atom. The average molecular weight is 243 g/mol. The monoisotopic (exact) mass is 243 g/mol. The smallest absolute Gasteiger partial charge is 0.250 e. The molecule has 0 aromatic carbocycles. The number of hydrogen-bond donors (Lipinski definition) is 1. The molecule has 1 N–H and O–H groups in total. The van der Waals surface area contributed by atoms with Crippen LogP contribution in [0.3, 0.4) is 0 Å². The zero-order valence-electron chi connectivity index (χ0n) is 10.4. The molecule has 2 rings (SSSR count). The van der Waals surface area contributed by atoms with Gasteiger partial charge in [-0.25, -0.2) is 0 Å². The molecule has 0 aliphatic heterocycles. The van der Waals surface area contributed by atoms with Gasteiger partial charge in [0.2, 0.25) is 0 Å². The fourth-order valence-electron chi connectivity index (χ4n) is 1.82. The standard InChI is InChI=1S/C14H17N3O/c1-12(13-5-7-15-8-6-13)16-9-11-17-10-3-2-4-14(17)18/h2-8,10,12,16H,9,11H2,1H3/t12-/m0/s1. The molecule has 0 bridgehead atoms. The van der Waals surface area contributed by atoms with Crippen LogP contribution in [0.25, 0.3) is 0 Å². The largest absolute Gasteiger partial charge is 0.314 e. The molecule has 0 spiro atoms. The fourth-order valence-corrected chi connectivity index (χ4v) is 1.82. The normalized spacial score (nSPS) is 12.3. The van der Waals surface area contributed by atoms with Gasteiger partial charge in [-0.15, -0.1) is 0 Å². The van der Waals surface area contributed by atoms with E-state index in [1.165, 1.54) is 5.56 Å². The highest BCUT2D eigenvalue weighted by Crippen LogP contribution is 2.09. The molecule has 0 unspecified atom stereocenters. The first-order valence-electron chi connectivity index (χ1n) is 6.06. The van der Waals surface area contributed by atoms with Crippen molar-refractivity contribution in [3.63, 3.8) is 0 Å². The summed E-state index contributed by atoms with van der Waals surface area (Å²) in [7, 11) is 0. The highest BCUT2D eigenvalue weighted by atomic mass is 16.1. The first kappa shape index (κ1) is 12.5. The Labute approximate surface area is 106 Å². The van der Waals surface area contributed by atoms with Crippen LogP contribution >= 0.6 is 0 Å². The van der Waals surface area contributed by atoms with Crippen LogP contribution in [0.2, 0.25) is 0 Å². The third-order valence-corrected chi connectivity index (χ3v) is 2.91. The van der Waals surface area contributed by atoms with Crippen LogP contribution < -0.4 is 10.9 Å². The summed E-state index contributed by atoms with van der Waals surface area (Å²) in [6.07, 6.45) is 5.38. The number of hydrogen-bond acceptors (Lipinski definition) is 3. The molecule has 0 amide bonds. The highest BCUT2D eigenvalue weighted by molar-refractivity contribution is 5.13. The van der Waals surface area contributed by atoms with Crippen molar-refractivity contribution < 1.29 is 0 Å². The predicted octanol–water partition coefficient (Wildman–Crippen LogP) is 1.59. The lowest BCUT2D eigenvalue weighted by Crippen LogP contribution is -2.27. The van der Waals surface area contributed by atoms with Crippen LogP contribution in [0.4, 0.5) is 0 Å². The Bertz CT molecular complexity index is 536. The topological polar surface area (TPSA) is 46.9 Å². The van der Waals surface area contributed by atoms with Crippen LogP contribution in [0.1, 0.15) is 18.5 Å². The van der Waals surface area contributed by atoms with Gasteiger partial charge in [-0.2, -0.15) is 0 Å². The van der Waals surface area contributed by atoms with Gasteiger partial charge < -0.3 is 9.88 Å². The first-order valence-corrected chi connectivity index (χ1v) is 6.06. The van der Waals surface area contributed by atoms with Gasteiger partial charge in [0.1, 0.15) is 0 Å². The van der Waals surface area contributed by atoms with Gasteiger partial charge in [0.15, 0.2) is 0 Å². The molecule has 18 heavy (non-hydrogen) atoms. The molecule has 0 saturated heterocycles. The molecule has 2 heterocycles. The minimum Gasteiger partial charge on any atom is -0.314 e. The summed E-state index contributed by atoms with van der Waals surface area (Å²) < 4.78 is 1.70. The average Bonchev–Trinajstić information content (AvgIpc) is 2.42. The van der Waals surface area contributed by atoms with Gasteiger partial charge in [-0.05, 0) is 30.7 Å². The number of nitrogens with one attached hydrogen (secondary N) is 1. The van der Waals surface area contributed by atoms with E-state index in [1.807, 2.05) is 18.2 Å². The molecule has 4 nitrogen and oxygen atoms in total. The van der Waals surface area contributed by atoms with E-state index in [2.05, 4.69) is 17.2 Å². The van der Waals surface area contributed by atoms with Crippen LogP contribution in [-0.2, 0) is 6.54 Å². The molecule has 4 heteroatoms. The van der Waals surface area contributed by atoms with Crippen molar-refractivity contribution >= 4 is 0 Å². The summed E-state index contributed by atoms with van der Waals surface area (Å²) in [5.41, 5.74) is 1.24. The Balaban J connectivity index is 1.86. The molecule has 0 aliphatic rings. The fraction of sp³-hybridized carbons (Fsp3) is 0.286. The summed E-state index contributed by atoms with van der Waals surface area (Å²) >= 11 is 0. The molecule has 0 fully saturated rings. The second-order valence-electron chi connectivity index (χ2n) is 4.19. The molecular formula is C14H17N3O. The minimum atomic E-state index is 0.0378. The van der Waals surface area contributed by atoms with Crippen molar-refractivity contribution in [1.29, 1.82) is 0 Å². The summed E-state index contributed by atoms with van der Waals surface area (Å²) in [6.45, 7) is 3.53. The van der Waals surface area contributed by atoms with Gasteiger partial charge in [0, 0.05) is 43.8 Å². The molecule has 2 aromatic heterocycles. The third-order valence-electron chi connectivity index (χ3n) is 2.91. The summed E-state index contributed by atoms with van der Waals surface area (Å²) in [5, 5.41) is 3.39. The zero-order chi connectivity index (χ0) is 12.8. The molecular weight excluding hydrogens is 226 g/mol. The van der Waals surface area contributed by atoms with Gasteiger partial charge in [-0.1, -0.05) is 6.07 Å². The quantitative estimate of drug-likeness (QED) is 0.867. The lowest BCUT2D eigenvalue weighted by Gasteiger charge is -2.14. The number of nitrogens with zero attached hydrogens (tertiary/aromatic N) is 2. The minimum absolute atomic E-state index is 0.0378. The molecule has 0 aliphatic carbocycles. The van der Waals surface area contributed by atoms with Crippen LogP contribution in [0.15, 0.2) is 53.7 Å². The van der Waals surface area contributed by atoms with E-state index < -0.39 is 0 Å². The molecule has 1 atom stereocenters.